The van der Waals surface area contributed by atoms with Crippen LogP contribution in [0.15, 0.2) is 48.5 Å². The van der Waals surface area contributed by atoms with E-state index in [0.29, 0.717) is 5.75 Å². The van der Waals surface area contributed by atoms with Crippen molar-refractivity contribution < 1.29 is 27.4 Å². The van der Waals surface area contributed by atoms with Crippen LogP contribution in [0.2, 0.25) is 0 Å². The number of fused-ring (bicyclic) bond motifs is 1. The number of hydrogen-bond acceptors (Lipinski definition) is 5. The monoisotopic (exact) mass is 531 g/mol. The van der Waals surface area contributed by atoms with E-state index in [2.05, 4.69) is 24.0 Å². The van der Waals surface area contributed by atoms with Crippen LogP contribution in [0.5, 0.6) is 5.75 Å². The van der Waals surface area contributed by atoms with Crippen LogP contribution in [0.1, 0.15) is 47.9 Å². The van der Waals surface area contributed by atoms with Gasteiger partial charge in [-0.05, 0) is 93.1 Å². The zero-order chi connectivity index (χ0) is 26.8. The molecule has 2 heterocycles. The predicted octanol–water partition coefficient (Wildman–Crippen LogP) is 7.06. The lowest BCUT2D eigenvalue weighted by molar-refractivity contribution is -0.157. The molecule has 3 aromatic rings. The molecular formula is C29H32F3NO3S. The first-order chi connectivity index (χ1) is 17.4. The Morgan fingerprint density at radius 2 is 1.65 bits per heavy atom. The molecule has 1 aromatic heterocycles. The van der Waals surface area contributed by atoms with Crippen molar-refractivity contribution in [3.8, 4) is 16.2 Å². The van der Waals surface area contributed by atoms with Crippen LogP contribution < -0.4 is 4.74 Å². The van der Waals surface area contributed by atoms with E-state index < -0.39 is 23.3 Å². The minimum Gasteiger partial charge on any atom is -0.482 e. The molecule has 1 aliphatic heterocycles. The molecule has 0 radical (unpaired) electrons. The van der Waals surface area contributed by atoms with Gasteiger partial charge in [-0.2, -0.15) is 13.2 Å². The molecule has 0 amide bonds. The van der Waals surface area contributed by atoms with Gasteiger partial charge in [0, 0.05) is 29.4 Å². The van der Waals surface area contributed by atoms with Crippen LogP contribution in [-0.2, 0) is 35.1 Å². The van der Waals surface area contributed by atoms with E-state index in [9.17, 15) is 18.0 Å². The van der Waals surface area contributed by atoms with Gasteiger partial charge in [0.25, 0.3) is 0 Å². The van der Waals surface area contributed by atoms with Crippen molar-refractivity contribution in [1.82, 2.24) is 4.90 Å². The normalized spacial score (nSPS) is 14.7. The maximum atomic E-state index is 12.9. The van der Waals surface area contributed by atoms with E-state index in [0.717, 1.165) is 60.6 Å². The molecule has 37 heavy (non-hydrogen) atoms. The molecule has 0 saturated carbocycles. The summed E-state index contributed by atoms with van der Waals surface area (Å²) < 4.78 is 49.7. The minimum absolute atomic E-state index is 0.124. The Kier molecular flexibility index (Phi) is 7.99. The SMILES string of the molecule is Cc1cc(-c2ccc(C(F)(F)F)cc2)sc1CN1CCc2ccc(OCC(=O)OC(C)(C)C)cc2CC1. The molecule has 0 aliphatic carbocycles. The summed E-state index contributed by atoms with van der Waals surface area (Å²) in [5.41, 5.74) is 3.27. The first kappa shape index (κ1) is 27.2. The summed E-state index contributed by atoms with van der Waals surface area (Å²) in [4.78, 5) is 16.6. The Bertz CT molecular complexity index is 1240. The average Bonchev–Trinajstić information content (AvgIpc) is 3.05. The Morgan fingerprint density at radius 3 is 2.30 bits per heavy atom. The van der Waals surface area contributed by atoms with Gasteiger partial charge >= 0.3 is 12.1 Å². The molecule has 0 saturated heterocycles. The summed E-state index contributed by atoms with van der Waals surface area (Å²) in [6.45, 7) is 10.0. The fourth-order valence-corrected chi connectivity index (χ4v) is 5.58. The maximum Gasteiger partial charge on any atom is 0.416 e. The van der Waals surface area contributed by atoms with E-state index in [-0.39, 0.29) is 6.61 Å². The quantitative estimate of drug-likeness (QED) is 0.319. The van der Waals surface area contributed by atoms with Gasteiger partial charge in [0.15, 0.2) is 6.61 Å². The summed E-state index contributed by atoms with van der Waals surface area (Å²) in [7, 11) is 0. The number of nitrogens with zero attached hydrogens (tertiary/aromatic N) is 1. The van der Waals surface area contributed by atoms with Crippen LogP contribution in [0.3, 0.4) is 0 Å². The Balaban J connectivity index is 1.37. The molecule has 8 heteroatoms. The van der Waals surface area contributed by atoms with Crippen molar-refractivity contribution in [3.05, 3.63) is 75.7 Å². The number of ether oxygens (including phenoxy) is 2. The number of rotatable bonds is 6. The summed E-state index contributed by atoms with van der Waals surface area (Å²) in [5.74, 6) is 0.268. The Morgan fingerprint density at radius 1 is 0.973 bits per heavy atom. The highest BCUT2D eigenvalue weighted by Crippen LogP contribution is 2.35. The van der Waals surface area contributed by atoms with Gasteiger partial charge in [-0.1, -0.05) is 18.2 Å². The topological polar surface area (TPSA) is 38.8 Å². The van der Waals surface area contributed by atoms with Crippen molar-refractivity contribution in [2.45, 2.75) is 58.9 Å². The maximum absolute atomic E-state index is 12.9. The molecule has 0 fully saturated rings. The van der Waals surface area contributed by atoms with Gasteiger partial charge in [0.05, 0.1) is 5.56 Å². The molecule has 0 N–H and O–H groups in total. The second-order valence-corrected chi connectivity index (χ2v) is 11.5. The van der Waals surface area contributed by atoms with Gasteiger partial charge < -0.3 is 9.47 Å². The van der Waals surface area contributed by atoms with Crippen molar-refractivity contribution in [3.63, 3.8) is 0 Å². The average molecular weight is 532 g/mol. The fourth-order valence-electron chi connectivity index (χ4n) is 4.35. The molecular weight excluding hydrogens is 499 g/mol. The van der Waals surface area contributed by atoms with Crippen molar-refractivity contribution in [2.75, 3.05) is 19.7 Å². The van der Waals surface area contributed by atoms with Crippen molar-refractivity contribution in [2.24, 2.45) is 0 Å². The largest absolute Gasteiger partial charge is 0.482 e. The molecule has 4 rings (SSSR count). The molecule has 0 bridgehead atoms. The fraction of sp³-hybridized carbons (Fsp3) is 0.414. The number of carbonyl (C=O) groups excluding carboxylic acids is 1. The zero-order valence-electron chi connectivity index (χ0n) is 21.6. The third kappa shape index (κ3) is 7.36. The molecule has 198 valence electrons. The van der Waals surface area contributed by atoms with Gasteiger partial charge in [0.2, 0.25) is 0 Å². The number of alkyl halides is 3. The Labute approximate surface area is 220 Å². The van der Waals surface area contributed by atoms with Crippen LogP contribution in [-0.4, -0.2) is 36.2 Å². The van der Waals surface area contributed by atoms with E-state index >= 15 is 0 Å². The second-order valence-electron chi connectivity index (χ2n) is 10.4. The van der Waals surface area contributed by atoms with Gasteiger partial charge in [-0.25, -0.2) is 4.79 Å². The lowest BCUT2D eigenvalue weighted by Crippen LogP contribution is -2.27. The second kappa shape index (κ2) is 10.9. The van der Waals surface area contributed by atoms with Gasteiger partial charge in [-0.3, -0.25) is 4.90 Å². The van der Waals surface area contributed by atoms with Gasteiger partial charge in [0.1, 0.15) is 11.4 Å². The summed E-state index contributed by atoms with van der Waals surface area (Å²) >= 11 is 1.64. The molecule has 4 nitrogen and oxygen atoms in total. The number of benzene rings is 2. The van der Waals surface area contributed by atoms with Crippen LogP contribution in [0, 0.1) is 6.92 Å². The predicted molar refractivity (Wildman–Crippen MR) is 140 cm³/mol. The molecule has 1 aliphatic rings. The van der Waals surface area contributed by atoms with E-state index in [4.69, 9.17) is 9.47 Å². The minimum atomic E-state index is -4.33. The van der Waals surface area contributed by atoms with E-state index in [1.165, 1.54) is 16.0 Å². The summed E-state index contributed by atoms with van der Waals surface area (Å²) in [5, 5.41) is 0. The number of esters is 1. The summed E-state index contributed by atoms with van der Waals surface area (Å²) in [6, 6.07) is 13.4. The first-order valence-electron chi connectivity index (χ1n) is 12.3. The van der Waals surface area contributed by atoms with Gasteiger partial charge in [-0.15, -0.1) is 11.3 Å². The zero-order valence-corrected chi connectivity index (χ0v) is 22.4. The highest BCUT2D eigenvalue weighted by atomic mass is 32.1. The smallest absolute Gasteiger partial charge is 0.416 e. The Hall–Kier alpha value is -2.84. The van der Waals surface area contributed by atoms with E-state index in [1.54, 1.807) is 23.5 Å². The number of aryl methyl sites for hydroxylation is 1. The highest BCUT2D eigenvalue weighted by Gasteiger charge is 2.30. The van der Waals surface area contributed by atoms with Crippen LogP contribution >= 0.6 is 11.3 Å². The van der Waals surface area contributed by atoms with Crippen LogP contribution in [0.4, 0.5) is 13.2 Å². The number of carbonyl (C=O) groups is 1. The number of thiophene rings is 1. The molecule has 2 aromatic carbocycles. The first-order valence-corrected chi connectivity index (χ1v) is 13.1. The van der Waals surface area contributed by atoms with Crippen molar-refractivity contribution >= 4 is 17.3 Å². The van der Waals surface area contributed by atoms with Crippen molar-refractivity contribution in [1.29, 1.82) is 0 Å². The number of hydrogen-bond donors (Lipinski definition) is 0. The lowest BCUT2D eigenvalue weighted by Gasteiger charge is -2.19. The van der Waals surface area contributed by atoms with E-state index in [1.807, 2.05) is 32.9 Å². The molecule has 0 spiro atoms. The third-order valence-corrected chi connectivity index (χ3v) is 7.50. The molecule has 0 atom stereocenters. The lowest BCUT2D eigenvalue weighted by atomic mass is 10.0. The third-order valence-electron chi connectivity index (χ3n) is 6.23. The summed E-state index contributed by atoms with van der Waals surface area (Å²) in [6.07, 6.45) is -2.54. The number of halogens is 3. The highest BCUT2D eigenvalue weighted by molar-refractivity contribution is 7.15. The van der Waals surface area contributed by atoms with Crippen LogP contribution in [0.25, 0.3) is 10.4 Å². The molecule has 0 unspecified atom stereocenters. The standard InChI is InChI=1S/C29H32F3NO3S/c1-19-15-25(21-5-8-23(9-6-21)29(30,31)32)37-26(19)17-33-13-11-20-7-10-24(16-22(20)12-14-33)35-18-27(34)36-28(2,3)4/h5-10,15-16H,11-14,17-18H2,1-4H3.